The molecule has 0 saturated heterocycles. The Balaban J connectivity index is 3.39. The lowest BCUT2D eigenvalue weighted by atomic mass is 9.94. The first-order valence-electron chi connectivity index (χ1n) is 5.26. The van der Waals surface area contributed by atoms with Gasteiger partial charge in [0.05, 0.1) is 0 Å². The summed E-state index contributed by atoms with van der Waals surface area (Å²) in [5, 5.41) is 0. The molecule has 0 nitrogen and oxygen atoms in total. The summed E-state index contributed by atoms with van der Waals surface area (Å²) in [4.78, 5) is 0. The van der Waals surface area contributed by atoms with Crippen LogP contribution in [0.3, 0.4) is 0 Å². The number of rotatable bonds is 7. The molecule has 0 aliphatic rings. The fourth-order valence-corrected chi connectivity index (χ4v) is 1.89. The zero-order valence-corrected chi connectivity index (χ0v) is 9.53. The minimum Gasteiger partial charge on any atom is -0.126 e. The standard InChI is InChI=1S/C11H23Cl/c1-4-5-6-7-11(9-12)8-10(2)3/h10-11H,4-9H2,1-3H3. The number of alkyl halides is 1. The van der Waals surface area contributed by atoms with E-state index in [0.29, 0.717) is 0 Å². The summed E-state index contributed by atoms with van der Waals surface area (Å²) in [7, 11) is 0. The van der Waals surface area contributed by atoms with Crippen LogP contribution in [0.2, 0.25) is 0 Å². The van der Waals surface area contributed by atoms with E-state index in [1.807, 2.05) is 0 Å². The van der Waals surface area contributed by atoms with Crippen LogP contribution in [0, 0.1) is 11.8 Å². The topological polar surface area (TPSA) is 0 Å². The van der Waals surface area contributed by atoms with Crippen molar-refractivity contribution in [3.63, 3.8) is 0 Å². The van der Waals surface area contributed by atoms with Crippen LogP contribution in [0.5, 0.6) is 0 Å². The van der Waals surface area contributed by atoms with Gasteiger partial charge in [0.2, 0.25) is 0 Å². The lowest BCUT2D eigenvalue weighted by Crippen LogP contribution is -2.06. The largest absolute Gasteiger partial charge is 0.126 e. The van der Waals surface area contributed by atoms with E-state index >= 15 is 0 Å². The van der Waals surface area contributed by atoms with Crippen LogP contribution < -0.4 is 0 Å². The van der Waals surface area contributed by atoms with Crippen LogP contribution >= 0.6 is 11.6 Å². The van der Waals surface area contributed by atoms with E-state index in [2.05, 4.69) is 20.8 Å². The minimum absolute atomic E-state index is 0.762. The van der Waals surface area contributed by atoms with Crippen molar-refractivity contribution in [3.8, 4) is 0 Å². The van der Waals surface area contributed by atoms with Crippen LogP contribution in [-0.4, -0.2) is 5.88 Å². The summed E-state index contributed by atoms with van der Waals surface area (Å²) in [6.45, 7) is 6.80. The highest BCUT2D eigenvalue weighted by Crippen LogP contribution is 2.19. The quantitative estimate of drug-likeness (QED) is 0.411. The molecule has 1 atom stereocenters. The van der Waals surface area contributed by atoms with Crippen molar-refractivity contribution in [3.05, 3.63) is 0 Å². The predicted octanol–water partition coefficient (Wildman–Crippen LogP) is 4.47. The van der Waals surface area contributed by atoms with Gasteiger partial charge in [-0.3, -0.25) is 0 Å². The van der Waals surface area contributed by atoms with Gasteiger partial charge in [-0.15, -0.1) is 11.6 Å². The predicted molar refractivity (Wildman–Crippen MR) is 57.8 cm³/mol. The molecule has 0 bridgehead atoms. The van der Waals surface area contributed by atoms with Gasteiger partial charge in [-0.1, -0.05) is 40.0 Å². The molecule has 0 amide bonds. The van der Waals surface area contributed by atoms with Gasteiger partial charge in [0.25, 0.3) is 0 Å². The SMILES string of the molecule is CCCCCC(CCl)CC(C)C. The van der Waals surface area contributed by atoms with Gasteiger partial charge in [0.15, 0.2) is 0 Å². The smallest absolute Gasteiger partial charge is 0.0251 e. The Morgan fingerprint density at radius 2 is 1.83 bits per heavy atom. The van der Waals surface area contributed by atoms with Gasteiger partial charge in [0, 0.05) is 5.88 Å². The summed E-state index contributed by atoms with van der Waals surface area (Å²) in [5.74, 6) is 2.41. The van der Waals surface area contributed by atoms with Crippen LogP contribution in [0.4, 0.5) is 0 Å². The van der Waals surface area contributed by atoms with Gasteiger partial charge in [-0.05, 0) is 24.7 Å². The van der Waals surface area contributed by atoms with Crippen molar-refractivity contribution in [2.45, 2.75) is 52.9 Å². The molecule has 0 aromatic carbocycles. The van der Waals surface area contributed by atoms with E-state index in [1.165, 1.54) is 32.1 Å². The van der Waals surface area contributed by atoms with E-state index < -0.39 is 0 Å². The summed E-state index contributed by atoms with van der Waals surface area (Å²) in [6, 6.07) is 0. The molecule has 0 aliphatic heterocycles. The summed E-state index contributed by atoms with van der Waals surface area (Å²) in [6.07, 6.45) is 6.67. The highest BCUT2D eigenvalue weighted by molar-refractivity contribution is 6.18. The third-order valence-electron chi connectivity index (χ3n) is 2.24. The molecule has 0 radical (unpaired) electrons. The van der Waals surface area contributed by atoms with Crippen LogP contribution in [0.15, 0.2) is 0 Å². The molecule has 12 heavy (non-hydrogen) atoms. The molecule has 0 fully saturated rings. The minimum atomic E-state index is 0.762. The van der Waals surface area contributed by atoms with E-state index in [-0.39, 0.29) is 0 Å². The van der Waals surface area contributed by atoms with Crippen LogP contribution in [0.25, 0.3) is 0 Å². The maximum atomic E-state index is 5.89. The molecule has 0 heterocycles. The van der Waals surface area contributed by atoms with Crippen LogP contribution in [-0.2, 0) is 0 Å². The third kappa shape index (κ3) is 6.97. The van der Waals surface area contributed by atoms with Gasteiger partial charge >= 0.3 is 0 Å². The summed E-state index contributed by atoms with van der Waals surface area (Å²) in [5.41, 5.74) is 0. The van der Waals surface area contributed by atoms with Crippen LogP contribution in [0.1, 0.15) is 52.9 Å². The first-order chi connectivity index (χ1) is 5.70. The molecule has 0 spiro atoms. The Morgan fingerprint density at radius 1 is 1.17 bits per heavy atom. The van der Waals surface area contributed by atoms with Gasteiger partial charge in [-0.25, -0.2) is 0 Å². The Morgan fingerprint density at radius 3 is 2.25 bits per heavy atom. The maximum Gasteiger partial charge on any atom is 0.0251 e. The Bertz CT molecular complexity index is 89.0. The molecule has 0 N–H and O–H groups in total. The molecule has 0 aliphatic carbocycles. The molecular weight excluding hydrogens is 168 g/mol. The normalized spacial score (nSPS) is 13.8. The van der Waals surface area contributed by atoms with Crippen molar-refractivity contribution in [2.75, 3.05) is 5.88 Å². The van der Waals surface area contributed by atoms with E-state index in [0.717, 1.165) is 17.7 Å². The van der Waals surface area contributed by atoms with Crippen molar-refractivity contribution < 1.29 is 0 Å². The lowest BCUT2D eigenvalue weighted by molar-refractivity contribution is 0.404. The second kappa shape index (κ2) is 7.91. The number of halogens is 1. The molecule has 0 rings (SSSR count). The third-order valence-corrected chi connectivity index (χ3v) is 2.68. The zero-order chi connectivity index (χ0) is 9.40. The fraction of sp³-hybridized carbons (Fsp3) is 1.00. The Labute approximate surface area is 82.7 Å². The highest BCUT2D eigenvalue weighted by atomic mass is 35.5. The Hall–Kier alpha value is 0.290. The van der Waals surface area contributed by atoms with Gasteiger partial charge in [-0.2, -0.15) is 0 Å². The van der Waals surface area contributed by atoms with Gasteiger partial charge in [0.1, 0.15) is 0 Å². The van der Waals surface area contributed by atoms with E-state index in [9.17, 15) is 0 Å². The molecule has 0 saturated carbocycles. The second-order valence-electron chi connectivity index (χ2n) is 4.15. The summed E-state index contributed by atoms with van der Waals surface area (Å²) >= 11 is 5.89. The molecule has 0 aromatic rings. The number of hydrogen-bond acceptors (Lipinski definition) is 0. The van der Waals surface area contributed by atoms with E-state index in [4.69, 9.17) is 11.6 Å². The fourth-order valence-electron chi connectivity index (χ4n) is 1.61. The number of hydrogen-bond donors (Lipinski definition) is 0. The zero-order valence-electron chi connectivity index (χ0n) is 8.78. The average molecular weight is 191 g/mol. The molecule has 0 aromatic heterocycles. The number of unbranched alkanes of at least 4 members (excludes halogenated alkanes) is 2. The maximum absolute atomic E-state index is 5.89. The molecule has 1 unspecified atom stereocenters. The first kappa shape index (κ1) is 12.3. The monoisotopic (exact) mass is 190 g/mol. The molecule has 1 heteroatoms. The molecule has 74 valence electrons. The van der Waals surface area contributed by atoms with E-state index in [1.54, 1.807) is 0 Å². The second-order valence-corrected chi connectivity index (χ2v) is 4.45. The lowest BCUT2D eigenvalue weighted by Gasteiger charge is -2.15. The van der Waals surface area contributed by atoms with Gasteiger partial charge < -0.3 is 0 Å². The summed E-state index contributed by atoms with van der Waals surface area (Å²) < 4.78 is 0. The molecular formula is C11H23Cl. The van der Waals surface area contributed by atoms with Crippen molar-refractivity contribution in [1.82, 2.24) is 0 Å². The van der Waals surface area contributed by atoms with Crippen molar-refractivity contribution >= 4 is 11.6 Å². The highest BCUT2D eigenvalue weighted by Gasteiger charge is 2.08. The van der Waals surface area contributed by atoms with Crippen molar-refractivity contribution in [1.29, 1.82) is 0 Å². The van der Waals surface area contributed by atoms with Crippen molar-refractivity contribution in [2.24, 2.45) is 11.8 Å². The Kier molecular flexibility index (Phi) is 8.11. The average Bonchev–Trinajstić information content (AvgIpc) is 2.02. The first-order valence-corrected chi connectivity index (χ1v) is 5.80.